The molecular formula is C42H48ClN3O4S. The van der Waals surface area contributed by atoms with Crippen molar-refractivity contribution in [2.45, 2.75) is 81.5 Å². The highest BCUT2D eigenvalue weighted by Crippen LogP contribution is 2.48. The number of rotatable bonds is 2. The van der Waals surface area contributed by atoms with Gasteiger partial charge in [-0.2, -0.15) is 0 Å². The van der Waals surface area contributed by atoms with Gasteiger partial charge in [0.05, 0.1) is 22.0 Å². The number of ether oxygens (including phenoxy) is 1. The minimum absolute atomic E-state index is 0.0709. The number of amides is 1. The van der Waals surface area contributed by atoms with Crippen molar-refractivity contribution in [2.75, 3.05) is 24.6 Å². The van der Waals surface area contributed by atoms with Crippen molar-refractivity contribution in [3.8, 4) is 17.6 Å². The van der Waals surface area contributed by atoms with E-state index in [4.69, 9.17) is 16.3 Å². The molecule has 1 spiro atoms. The Kier molecular flexibility index (Phi) is 10.0. The van der Waals surface area contributed by atoms with E-state index in [1.54, 1.807) is 12.3 Å². The maximum absolute atomic E-state index is 13.9. The number of carbonyl (C=O) groups is 1. The number of pyridine rings is 1. The molecule has 0 saturated heterocycles. The molecule has 2 aromatic carbocycles. The molecule has 1 saturated carbocycles. The van der Waals surface area contributed by atoms with Crippen LogP contribution in [0.4, 0.5) is 5.69 Å². The summed E-state index contributed by atoms with van der Waals surface area (Å²) in [6.07, 6.45) is 12.3. The van der Waals surface area contributed by atoms with Gasteiger partial charge in [-0.05, 0) is 123 Å². The van der Waals surface area contributed by atoms with Gasteiger partial charge in [0.15, 0.2) is 0 Å². The molecule has 2 N–H and O–H groups in total. The Hall–Kier alpha value is -3.77. The molecular weight excluding hydrogens is 678 g/mol. The standard InChI is InChI=1S/C42H48ClN3O4S/c1-29-10-8-22-42(48,21-6-4-12-35-13-5-7-23-44-35)37-17-14-33(37)26-46-27-41(20-9-11-31-24-34(43)16-18-36(31)41)28-50-39-19-15-32(25-38(39)46)40(47)45-51(3,49)30(29)2/h5,7-8,13,15-16,18-19,22-25,29-30,33,37,48H,3-4,9-12,14,17,20,26-28H2,1-2H3,(H,45,47,49)/b22-8+/t29-,30+,33-,37+,41-,42+,51?/m0/s1. The number of halogens is 1. The Morgan fingerprint density at radius 1 is 1.18 bits per heavy atom. The molecule has 3 heterocycles. The molecule has 51 heavy (non-hydrogen) atoms. The number of benzene rings is 2. The van der Waals surface area contributed by atoms with E-state index in [1.807, 2.05) is 62.4 Å². The molecule has 2 bridgehead atoms. The van der Waals surface area contributed by atoms with Crippen LogP contribution in [0.5, 0.6) is 5.75 Å². The summed E-state index contributed by atoms with van der Waals surface area (Å²) in [6, 6.07) is 17.6. The first kappa shape index (κ1) is 35.6. The fourth-order valence-electron chi connectivity index (χ4n) is 8.44. The number of anilines is 1. The number of hydrogen-bond acceptors (Lipinski definition) is 6. The second-order valence-electron chi connectivity index (χ2n) is 15.2. The first-order valence-electron chi connectivity index (χ1n) is 18.3. The predicted molar refractivity (Wildman–Crippen MR) is 207 cm³/mol. The number of nitrogens with one attached hydrogen (secondary N) is 1. The van der Waals surface area contributed by atoms with Gasteiger partial charge < -0.3 is 14.7 Å². The van der Waals surface area contributed by atoms with E-state index in [2.05, 4.69) is 44.4 Å². The average Bonchev–Trinajstić information content (AvgIpc) is 3.24. The molecule has 1 aromatic heterocycles. The summed E-state index contributed by atoms with van der Waals surface area (Å²) < 4.78 is 23.3. The summed E-state index contributed by atoms with van der Waals surface area (Å²) in [4.78, 5) is 20.5. The molecule has 268 valence electrons. The van der Waals surface area contributed by atoms with E-state index in [0.717, 1.165) is 48.5 Å². The second-order valence-corrected chi connectivity index (χ2v) is 18.0. The van der Waals surface area contributed by atoms with E-state index in [9.17, 15) is 14.1 Å². The first-order chi connectivity index (χ1) is 24.5. The van der Waals surface area contributed by atoms with Gasteiger partial charge in [-0.15, -0.1) is 0 Å². The van der Waals surface area contributed by atoms with E-state index >= 15 is 0 Å². The van der Waals surface area contributed by atoms with Gasteiger partial charge in [-0.3, -0.25) is 14.5 Å². The van der Waals surface area contributed by atoms with E-state index < -0.39 is 26.5 Å². The Labute approximate surface area is 308 Å². The van der Waals surface area contributed by atoms with Crippen LogP contribution >= 0.6 is 11.6 Å². The van der Waals surface area contributed by atoms with E-state index in [-0.39, 0.29) is 23.2 Å². The van der Waals surface area contributed by atoms with E-state index in [0.29, 0.717) is 50.3 Å². The second kappa shape index (κ2) is 14.3. The zero-order valence-electron chi connectivity index (χ0n) is 29.6. The van der Waals surface area contributed by atoms with Gasteiger partial charge in [-0.1, -0.05) is 48.6 Å². The summed E-state index contributed by atoms with van der Waals surface area (Å²) in [6.45, 7) is 5.73. The average molecular weight is 726 g/mol. The molecule has 7 atom stereocenters. The number of fused-ring (bicyclic) bond motifs is 4. The number of aryl methyl sites for hydroxylation is 2. The summed E-state index contributed by atoms with van der Waals surface area (Å²) in [5.74, 6) is 10.9. The molecule has 3 aromatic rings. The summed E-state index contributed by atoms with van der Waals surface area (Å²) in [5, 5.41) is 12.7. The maximum Gasteiger partial charge on any atom is 0.262 e. The Balaban J connectivity index is 1.28. The molecule has 2 aliphatic heterocycles. The molecule has 1 unspecified atom stereocenters. The summed E-state index contributed by atoms with van der Waals surface area (Å²) >= 11 is 6.47. The summed E-state index contributed by atoms with van der Waals surface area (Å²) in [5.41, 5.74) is 3.13. The quantitative estimate of drug-likeness (QED) is 0.169. The zero-order chi connectivity index (χ0) is 35.8. The van der Waals surface area contributed by atoms with Gasteiger partial charge in [0.2, 0.25) is 0 Å². The number of aromatic nitrogens is 1. The largest absolute Gasteiger partial charge is 0.490 e. The molecule has 1 amide bonds. The van der Waals surface area contributed by atoms with Crippen molar-refractivity contribution < 1.29 is 18.8 Å². The molecule has 2 aliphatic carbocycles. The minimum Gasteiger partial charge on any atom is -0.490 e. The lowest BCUT2D eigenvalue weighted by Crippen LogP contribution is -2.52. The third-order valence-corrected chi connectivity index (χ3v) is 14.2. The maximum atomic E-state index is 13.9. The van der Waals surface area contributed by atoms with Gasteiger partial charge >= 0.3 is 0 Å². The van der Waals surface area contributed by atoms with Crippen LogP contribution in [0.15, 0.2) is 72.9 Å². The third kappa shape index (κ3) is 7.31. The number of nitrogens with zero attached hydrogens (tertiary/aromatic N) is 2. The monoisotopic (exact) mass is 725 g/mol. The number of hydrogen-bond donors (Lipinski definition) is 2. The van der Waals surface area contributed by atoms with Crippen molar-refractivity contribution in [2.24, 2.45) is 17.8 Å². The molecule has 0 radical (unpaired) electrons. The predicted octanol–water partition coefficient (Wildman–Crippen LogP) is 6.95. The van der Waals surface area contributed by atoms with Crippen LogP contribution in [0.3, 0.4) is 0 Å². The minimum atomic E-state index is -3.00. The zero-order valence-corrected chi connectivity index (χ0v) is 31.1. The van der Waals surface area contributed by atoms with E-state index in [1.165, 1.54) is 11.1 Å². The van der Waals surface area contributed by atoms with Crippen molar-refractivity contribution in [3.63, 3.8) is 0 Å². The Bertz CT molecular complexity index is 1990. The van der Waals surface area contributed by atoms with Gasteiger partial charge in [-0.25, -0.2) is 4.21 Å². The normalized spacial score (nSPS) is 32.5. The first-order valence-corrected chi connectivity index (χ1v) is 20.4. The highest BCUT2D eigenvalue weighted by Gasteiger charge is 2.47. The lowest BCUT2D eigenvalue weighted by molar-refractivity contribution is -0.00325. The molecule has 7 nitrogen and oxygen atoms in total. The van der Waals surface area contributed by atoms with Crippen molar-refractivity contribution in [3.05, 3.63) is 100 Å². The fraction of sp³-hybridized carbons (Fsp3) is 0.452. The lowest BCUT2D eigenvalue weighted by atomic mass is 9.64. The number of aliphatic hydroxyl groups is 1. The van der Waals surface area contributed by atoms with Crippen LogP contribution in [-0.2, 0) is 28.0 Å². The number of carbonyl (C=O) groups excluding carboxylic acids is 1. The van der Waals surface area contributed by atoms with Crippen LogP contribution in [-0.4, -0.2) is 56.6 Å². The Morgan fingerprint density at radius 3 is 2.82 bits per heavy atom. The molecule has 9 heteroatoms. The van der Waals surface area contributed by atoms with Crippen LogP contribution in [0.2, 0.25) is 5.02 Å². The molecule has 1 fully saturated rings. The van der Waals surface area contributed by atoms with Crippen molar-refractivity contribution in [1.29, 1.82) is 0 Å². The highest BCUT2D eigenvalue weighted by atomic mass is 35.5. The highest BCUT2D eigenvalue weighted by molar-refractivity contribution is 7.99. The SMILES string of the molecule is C=S1(=O)NC(=O)c2ccc3c(c2)N(C[C@@H]2CC[C@H]2[C@@](O)(C#CCCc2ccccn2)/C=C/C[C@H](C)[C@H]1C)C[C@@]1(CCCc2cc(Cl)ccc21)CO3. The third-order valence-electron chi connectivity index (χ3n) is 11.8. The van der Waals surface area contributed by atoms with Crippen molar-refractivity contribution >= 4 is 38.8 Å². The van der Waals surface area contributed by atoms with Gasteiger partial charge in [0.25, 0.3) is 5.91 Å². The lowest BCUT2D eigenvalue weighted by Gasteiger charge is -2.47. The van der Waals surface area contributed by atoms with Gasteiger partial charge in [0.1, 0.15) is 11.4 Å². The van der Waals surface area contributed by atoms with Crippen LogP contribution in [0.25, 0.3) is 0 Å². The fourth-order valence-corrected chi connectivity index (χ4v) is 10.1. The van der Waals surface area contributed by atoms with Gasteiger partial charge in [0, 0.05) is 65.0 Å². The Morgan fingerprint density at radius 2 is 2.04 bits per heavy atom. The molecule has 4 aliphatic rings. The van der Waals surface area contributed by atoms with Crippen LogP contribution in [0.1, 0.15) is 79.6 Å². The topological polar surface area (TPSA) is 91.8 Å². The molecule has 7 rings (SSSR count). The van der Waals surface area contributed by atoms with Crippen molar-refractivity contribution in [1.82, 2.24) is 9.71 Å². The summed E-state index contributed by atoms with van der Waals surface area (Å²) in [7, 11) is -3.00. The van der Waals surface area contributed by atoms with Crippen LogP contribution in [0, 0.1) is 29.6 Å². The number of allylic oxidation sites excluding steroid dienone is 1. The van der Waals surface area contributed by atoms with Crippen LogP contribution < -0.4 is 14.4 Å². The smallest absolute Gasteiger partial charge is 0.262 e.